The van der Waals surface area contributed by atoms with Gasteiger partial charge in [-0.1, -0.05) is 135 Å². The van der Waals surface area contributed by atoms with Crippen molar-refractivity contribution in [1.29, 1.82) is 0 Å². The van der Waals surface area contributed by atoms with Gasteiger partial charge in [-0.2, -0.15) is 0 Å². The fourth-order valence-corrected chi connectivity index (χ4v) is 11.2. The molecule has 0 bridgehead atoms. The quantitative estimate of drug-likeness (QED) is 0.112. The van der Waals surface area contributed by atoms with Gasteiger partial charge in [-0.25, -0.2) is 29.6 Å². The van der Waals surface area contributed by atoms with Crippen LogP contribution in [0.5, 0.6) is 0 Å². The van der Waals surface area contributed by atoms with E-state index in [0.29, 0.717) is 57.7 Å². The molecular weight excluding hydrogens is 983 g/mol. The molecule has 392 valence electrons. The number of aromatic nitrogens is 2. The highest BCUT2D eigenvalue weighted by Crippen LogP contribution is 2.43. The van der Waals surface area contributed by atoms with Crippen molar-refractivity contribution in [3.8, 4) is 0 Å². The number of guanidine groups is 2. The first kappa shape index (κ1) is 50.6. The summed E-state index contributed by atoms with van der Waals surface area (Å²) < 4.78 is 5.25. The molecule has 6 aromatic carbocycles. The van der Waals surface area contributed by atoms with Crippen LogP contribution in [0.25, 0.3) is 0 Å². The number of benzene rings is 6. The number of hydrogen-bond acceptors (Lipinski definition) is 12. The largest absolute Gasteiger partial charge is 0.452 e. The highest BCUT2D eigenvalue weighted by atomic mass is 16.5. The molecule has 2 atom stereocenters. The van der Waals surface area contributed by atoms with Gasteiger partial charge in [0.2, 0.25) is 5.95 Å². The minimum atomic E-state index is -1.38. The second-order valence-corrected chi connectivity index (χ2v) is 20.5. The average Bonchev–Trinajstić information content (AvgIpc) is 4.35. The van der Waals surface area contributed by atoms with Gasteiger partial charge in [0, 0.05) is 42.5 Å². The second-order valence-electron chi connectivity index (χ2n) is 20.5. The average molecular weight is 1040 g/mol. The number of carbonyl (C=O) groups is 5. The molecular formula is C61H57N11O6. The molecule has 0 fully saturated rings. The highest BCUT2D eigenvalue weighted by Gasteiger charge is 2.52. The Hall–Kier alpha value is -9.51. The number of fused-ring (bicyclic) bond motifs is 2. The number of aliphatic imine (C=N–C) groups is 2. The molecule has 11 rings (SSSR count). The molecule has 4 aliphatic heterocycles. The molecule has 4 N–H and O–H groups in total. The normalized spacial score (nSPS) is 17.7. The first-order valence-corrected chi connectivity index (χ1v) is 25.8. The summed E-state index contributed by atoms with van der Waals surface area (Å²) in [5.41, 5.74) is 18.5. The summed E-state index contributed by atoms with van der Waals surface area (Å²) >= 11 is 0. The first-order chi connectivity index (χ1) is 37.7. The lowest BCUT2D eigenvalue weighted by Gasteiger charge is -2.30. The minimum absolute atomic E-state index is 0.0548. The van der Waals surface area contributed by atoms with Crippen LogP contribution in [0.4, 0.5) is 16.4 Å². The van der Waals surface area contributed by atoms with Crippen LogP contribution in [-0.4, -0.2) is 78.3 Å². The molecule has 0 aliphatic carbocycles. The number of amides is 5. The third-order valence-electron chi connectivity index (χ3n) is 15.0. The molecule has 1 aromatic heterocycles. The molecule has 78 heavy (non-hydrogen) atoms. The van der Waals surface area contributed by atoms with Crippen molar-refractivity contribution in [1.82, 2.24) is 29.6 Å². The maximum atomic E-state index is 14.7. The van der Waals surface area contributed by atoms with Crippen molar-refractivity contribution in [2.75, 3.05) is 12.0 Å². The fourth-order valence-electron chi connectivity index (χ4n) is 11.2. The van der Waals surface area contributed by atoms with E-state index in [9.17, 15) is 24.0 Å². The van der Waals surface area contributed by atoms with E-state index in [-0.39, 0.29) is 73.6 Å². The van der Waals surface area contributed by atoms with Crippen LogP contribution in [-0.2, 0) is 58.1 Å². The molecule has 4 aliphatic rings. The van der Waals surface area contributed by atoms with E-state index in [1.807, 2.05) is 136 Å². The van der Waals surface area contributed by atoms with Gasteiger partial charge in [0.25, 0.3) is 23.6 Å². The zero-order valence-electron chi connectivity index (χ0n) is 43.6. The lowest BCUT2D eigenvalue weighted by Crippen LogP contribution is -2.44. The van der Waals surface area contributed by atoms with Gasteiger partial charge in [0.1, 0.15) is 0 Å². The van der Waals surface area contributed by atoms with Crippen molar-refractivity contribution in [2.45, 2.75) is 77.0 Å². The summed E-state index contributed by atoms with van der Waals surface area (Å²) in [5, 5.41) is 0. The highest BCUT2D eigenvalue weighted by molar-refractivity contribution is 6.10. The molecule has 5 heterocycles. The van der Waals surface area contributed by atoms with Crippen LogP contribution in [0.2, 0.25) is 0 Å². The number of methoxy groups -OCH3 is 1. The molecule has 7 aromatic rings. The minimum Gasteiger partial charge on any atom is -0.452 e. The van der Waals surface area contributed by atoms with E-state index >= 15 is 0 Å². The third kappa shape index (κ3) is 8.85. The van der Waals surface area contributed by atoms with E-state index in [1.54, 1.807) is 58.5 Å². The predicted molar refractivity (Wildman–Crippen MR) is 293 cm³/mol. The van der Waals surface area contributed by atoms with Gasteiger partial charge in [-0.15, -0.1) is 0 Å². The van der Waals surface area contributed by atoms with Crippen LogP contribution in [0, 0.1) is 5.92 Å². The number of ether oxygens (including phenoxy) is 1. The number of nitrogens with zero attached hydrogens (tertiary/aromatic N) is 9. The summed E-state index contributed by atoms with van der Waals surface area (Å²) in [5.74, 6) is -0.544. The number of carbonyl (C=O) groups excluding carboxylic acids is 5. The Labute approximate surface area is 451 Å². The Bertz CT molecular complexity index is 3550. The van der Waals surface area contributed by atoms with Crippen LogP contribution < -0.4 is 16.4 Å². The summed E-state index contributed by atoms with van der Waals surface area (Å²) in [6, 6.07) is 47.5. The lowest BCUT2D eigenvalue weighted by atomic mass is 9.82. The number of hydrogen-bond donors (Lipinski definition) is 2. The number of nitrogens with two attached hydrogens (primary N) is 2. The lowest BCUT2D eigenvalue weighted by molar-refractivity contribution is -0.133. The maximum Gasteiger partial charge on any atom is 0.421 e. The summed E-state index contributed by atoms with van der Waals surface area (Å²) in [6.45, 7) is 7.07. The first-order valence-electron chi connectivity index (χ1n) is 25.8. The van der Waals surface area contributed by atoms with Crippen molar-refractivity contribution >= 4 is 53.3 Å². The Morgan fingerprint density at radius 1 is 0.641 bits per heavy atom. The zero-order chi connectivity index (χ0) is 54.5. The van der Waals surface area contributed by atoms with E-state index in [4.69, 9.17) is 31.2 Å². The molecule has 1 unspecified atom stereocenters. The summed E-state index contributed by atoms with van der Waals surface area (Å²) in [4.78, 5) is 97.7. The van der Waals surface area contributed by atoms with Gasteiger partial charge < -0.3 is 26.0 Å². The van der Waals surface area contributed by atoms with Gasteiger partial charge in [-0.3, -0.25) is 29.0 Å². The monoisotopic (exact) mass is 1040 g/mol. The van der Waals surface area contributed by atoms with Gasteiger partial charge in [-0.05, 0) is 94.6 Å². The van der Waals surface area contributed by atoms with E-state index in [2.05, 4.69) is 4.98 Å². The molecule has 5 amide bonds. The Morgan fingerprint density at radius 3 is 1.90 bits per heavy atom. The molecule has 17 heteroatoms. The fraction of sp³-hybridized carbons (Fsp3) is 0.230. The van der Waals surface area contributed by atoms with Crippen molar-refractivity contribution in [3.05, 3.63) is 225 Å². The number of anilines is 2. The molecule has 0 spiro atoms. The summed E-state index contributed by atoms with van der Waals surface area (Å²) in [6.07, 6.45) is 1.37. The van der Waals surface area contributed by atoms with Crippen LogP contribution in [0.3, 0.4) is 0 Å². The smallest absolute Gasteiger partial charge is 0.421 e. The number of rotatable bonds is 13. The van der Waals surface area contributed by atoms with E-state index in [1.165, 1.54) is 21.8 Å². The molecule has 0 saturated heterocycles. The maximum absolute atomic E-state index is 14.7. The Kier molecular flexibility index (Phi) is 13.1. The van der Waals surface area contributed by atoms with E-state index < -0.39 is 23.2 Å². The van der Waals surface area contributed by atoms with Crippen LogP contribution >= 0.6 is 0 Å². The van der Waals surface area contributed by atoms with Crippen molar-refractivity contribution in [3.63, 3.8) is 0 Å². The van der Waals surface area contributed by atoms with Gasteiger partial charge in [0.15, 0.2) is 23.0 Å². The van der Waals surface area contributed by atoms with E-state index in [0.717, 1.165) is 22.3 Å². The second kappa shape index (κ2) is 20.2. The molecule has 0 radical (unpaired) electrons. The van der Waals surface area contributed by atoms with Crippen molar-refractivity contribution in [2.24, 2.45) is 27.4 Å². The third-order valence-corrected chi connectivity index (χ3v) is 15.0. The van der Waals surface area contributed by atoms with Gasteiger partial charge >= 0.3 is 6.09 Å². The van der Waals surface area contributed by atoms with Gasteiger partial charge in [0.05, 0.1) is 37.6 Å². The van der Waals surface area contributed by atoms with Crippen LogP contribution in [0.1, 0.15) is 104 Å². The topological polar surface area (TPSA) is 213 Å². The zero-order valence-corrected chi connectivity index (χ0v) is 43.6. The van der Waals surface area contributed by atoms with Crippen LogP contribution in [0.15, 0.2) is 174 Å². The Balaban J connectivity index is 0.769. The van der Waals surface area contributed by atoms with Crippen molar-refractivity contribution < 1.29 is 28.7 Å². The molecule has 0 saturated carbocycles. The molecule has 17 nitrogen and oxygen atoms in total. The standard InChI is InChI=1S/C61H57N11O6/c1-38(2)31-60(47-20-8-5-9-21-47)54(75)70(56(62)66-60)33-40-16-14-18-42(28-40)52(73)69-36-46-32-64-58(65-51(46)37-69)72(59(77)78-4)50-27-26-44-34-68(35-45(44)30-50)53(74)43-19-15-17-41(29-43)39(3)71-55(76)61(67-57(71)63,48-22-10-6-11-23-48)49-24-12-7-13-25-49/h5-30,32,38-39H,31,33-37H2,1-4H3,(H2,62,66)(H2,63,67)/t39-,60?/m1/s1. The summed E-state index contributed by atoms with van der Waals surface area (Å²) in [7, 11) is 1.27. The SMILES string of the molecule is COC(=O)N(c1ccc2c(c1)CN(C(=O)c1cccc([C@@H](C)N3C(=O)C(c4ccccc4)(c4ccccc4)N=C3N)c1)C2)c1ncc2c(n1)CN(C(=O)c1cccc(CN3C(=O)C(CC(C)C)(c4ccccc4)N=C3N)c1)C2. The Morgan fingerprint density at radius 2 is 1.24 bits per heavy atom. The predicted octanol–water partition coefficient (Wildman–Crippen LogP) is 8.45.